The van der Waals surface area contributed by atoms with E-state index in [-0.39, 0.29) is 5.78 Å². The number of pyridine rings is 1. The van der Waals surface area contributed by atoms with Crippen molar-refractivity contribution in [2.24, 2.45) is 5.73 Å². The summed E-state index contributed by atoms with van der Waals surface area (Å²) in [6.07, 6.45) is 1.61. The molecule has 0 bridgehead atoms. The number of hydrogen-bond acceptors (Lipinski definition) is 3. The van der Waals surface area contributed by atoms with Crippen molar-refractivity contribution in [3.8, 4) is 0 Å². The van der Waals surface area contributed by atoms with Gasteiger partial charge in [0.15, 0.2) is 5.78 Å². The van der Waals surface area contributed by atoms with E-state index in [0.29, 0.717) is 17.7 Å². The van der Waals surface area contributed by atoms with Crippen LogP contribution in [0.5, 0.6) is 0 Å². The smallest absolute Gasteiger partial charge is 0.193 e. The van der Waals surface area contributed by atoms with Crippen molar-refractivity contribution < 1.29 is 4.79 Å². The van der Waals surface area contributed by atoms with Crippen molar-refractivity contribution in [2.75, 3.05) is 0 Å². The third-order valence-electron chi connectivity index (χ3n) is 2.32. The minimum atomic E-state index is -0.00213. The molecule has 0 amide bonds. The van der Waals surface area contributed by atoms with E-state index >= 15 is 0 Å². The third kappa shape index (κ3) is 2.15. The quantitative estimate of drug-likeness (QED) is 0.789. The Balaban J connectivity index is 2.34. The van der Waals surface area contributed by atoms with Crippen LogP contribution in [0.1, 0.15) is 21.6 Å². The van der Waals surface area contributed by atoms with E-state index in [1.165, 1.54) is 0 Å². The SMILES string of the molecule is NCc1cc(C(=O)c2ccccc2)ccn1. The van der Waals surface area contributed by atoms with Crippen LogP contribution in [0.4, 0.5) is 0 Å². The van der Waals surface area contributed by atoms with Crippen molar-refractivity contribution in [2.45, 2.75) is 6.54 Å². The number of rotatable bonds is 3. The van der Waals surface area contributed by atoms with Crippen LogP contribution in [-0.4, -0.2) is 10.8 Å². The zero-order chi connectivity index (χ0) is 11.4. The summed E-state index contributed by atoms with van der Waals surface area (Å²) < 4.78 is 0. The molecule has 0 radical (unpaired) electrons. The largest absolute Gasteiger partial charge is 0.325 e. The molecular weight excluding hydrogens is 200 g/mol. The van der Waals surface area contributed by atoms with Crippen LogP contribution in [0, 0.1) is 0 Å². The average Bonchev–Trinajstić information content (AvgIpc) is 2.39. The Kier molecular flexibility index (Phi) is 3.08. The van der Waals surface area contributed by atoms with Crippen molar-refractivity contribution >= 4 is 5.78 Å². The van der Waals surface area contributed by atoms with Crippen LogP contribution in [0.15, 0.2) is 48.7 Å². The Bertz CT molecular complexity index is 494. The lowest BCUT2D eigenvalue weighted by Gasteiger charge is -2.02. The first-order valence-electron chi connectivity index (χ1n) is 5.06. The Morgan fingerprint density at radius 2 is 1.88 bits per heavy atom. The normalized spacial score (nSPS) is 10.1. The zero-order valence-corrected chi connectivity index (χ0v) is 8.76. The van der Waals surface area contributed by atoms with Gasteiger partial charge in [-0.2, -0.15) is 0 Å². The topological polar surface area (TPSA) is 56.0 Å². The molecule has 0 unspecified atom stereocenters. The van der Waals surface area contributed by atoms with Gasteiger partial charge in [-0.05, 0) is 12.1 Å². The molecule has 0 saturated carbocycles. The van der Waals surface area contributed by atoms with Crippen molar-refractivity contribution in [1.29, 1.82) is 0 Å². The summed E-state index contributed by atoms with van der Waals surface area (Å²) in [6.45, 7) is 0.343. The summed E-state index contributed by atoms with van der Waals surface area (Å²) in [5.74, 6) is -0.00213. The lowest BCUT2D eigenvalue weighted by molar-refractivity contribution is 0.103. The molecule has 0 spiro atoms. The van der Waals surface area contributed by atoms with E-state index in [4.69, 9.17) is 5.73 Å². The molecule has 1 heterocycles. The van der Waals surface area contributed by atoms with E-state index in [1.807, 2.05) is 18.2 Å². The number of carbonyl (C=O) groups excluding carboxylic acids is 1. The number of ketones is 1. The first-order chi connectivity index (χ1) is 7.81. The van der Waals surface area contributed by atoms with Crippen molar-refractivity contribution in [3.63, 3.8) is 0 Å². The van der Waals surface area contributed by atoms with Gasteiger partial charge in [-0.15, -0.1) is 0 Å². The van der Waals surface area contributed by atoms with Gasteiger partial charge in [0.05, 0.1) is 5.69 Å². The zero-order valence-electron chi connectivity index (χ0n) is 8.76. The number of hydrogen-bond donors (Lipinski definition) is 1. The summed E-state index contributed by atoms with van der Waals surface area (Å²) in [4.78, 5) is 16.1. The van der Waals surface area contributed by atoms with Gasteiger partial charge in [0.2, 0.25) is 0 Å². The molecule has 0 atom stereocenters. The fourth-order valence-electron chi connectivity index (χ4n) is 1.49. The molecule has 1 aromatic carbocycles. The highest BCUT2D eigenvalue weighted by molar-refractivity contribution is 6.08. The first-order valence-corrected chi connectivity index (χ1v) is 5.06. The van der Waals surface area contributed by atoms with E-state index in [1.54, 1.807) is 30.5 Å². The minimum Gasteiger partial charge on any atom is -0.325 e. The highest BCUT2D eigenvalue weighted by atomic mass is 16.1. The predicted molar refractivity (Wildman–Crippen MR) is 62.0 cm³/mol. The van der Waals surface area contributed by atoms with Gasteiger partial charge in [-0.1, -0.05) is 30.3 Å². The highest BCUT2D eigenvalue weighted by Crippen LogP contribution is 2.09. The second-order valence-corrected chi connectivity index (χ2v) is 3.44. The Hall–Kier alpha value is -2.00. The van der Waals surface area contributed by atoms with Gasteiger partial charge in [-0.25, -0.2) is 0 Å². The van der Waals surface area contributed by atoms with Crippen LogP contribution in [0.2, 0.25) is 0 Å². The maximum Gasteiger partial charge on any atom is 0.193 e. The van der Waals surface area contributed by atoms with E-state index in [0.717, 1.165) is 5.69 Å². The van der Waals surface area contributed by atoms with Crippen molar-refractivity contribution in [3.05, 3.63) is 65.5 Å². The maximum atomic E-state index is 12.0. The summed E-state index contributed by atoms with van der Waals surface area (Å²) >= 11 is 0. The lowest BCUT2D eigenvalue weighted by atomic mass is 10.0. The van der Waals surface area contributed by atoms with Gasteiger partial charge in [0.25, 0.3) is 0 Å². The summed E-state index contributed by atoms with van der Waals surface area (Å²) in [7, 11) is 0. The molecule has 80 valence electrons. The summed E-state index contributed by atoms with van der Waals surface area (Å²) in [6, 6.07) is 12.6. The van der Waals surface area contributed by atoms with Gasteiger partial charge in [0.1, 0.15) is 0 Å². The molecule has 3 nitrogen and oxygen atoms in total. The molecule has 0 aliphatic carbocycles. The molecule has 0 aliphatic heterocycles. The molecule has 3 heteroatoms. The van der Waals surface area contributed by atoms with Crippen LogP contribution < -0.4 is 5.73 Å². The molecule has 2 rings (SSSR count). The third-order valence-corrected chi connectivity index (χ3v) is 2.32. The van der Waals surface area contributed by atoms with Gasteiger partial charge in [0, 0.05) is 23.9 Å². The van der Waals surface area contributed by atoms with Crippen LogP contribution >= 0.6 is 0 Å². The van der Waals surface area contributed by atoms with Crippen LogP contribution in [0.25, 0.3) is 0 Å². The molecule has 0 saturated heterocycles. The van der Waals surface area contributed by atoms with E-state index < -0.39 is 0 Å². The van der Waals surface area contributed by atoms with Gasteiger partial charge in [-0.3, -0.25) is 9.78 Å². The molecule has 2 aromatic rings. The highest BCUT2D eigenvalue weighted by Gasteiger charge is 2.08. The number of carbonyl (C=O) groups is 1. The van der Waals surface area contributed by atoms with E-state index in [2.05, 4.69) is 4.98 Å². The van der Waals surface area contributed by atoms with Crippen LogP contribution in [0.3, 0.4) is 0 Å². The van der Waals surface area contributed by atoms with Crippen molar-refractivity contribution in [1.82, 2.24) is 4.98 Å². The monoisotopic (exact) mass is 212 g/mol. The van der Waals surface area contributed by atoms with Gasteiger partial charge >= 0.3 is 0 Å². The van der Waals surface area contributed by atoms with Gasteiger partial charge < -0.3 is 5.73 Å². The fraction of sp³-hybridized carbons (Fsp3) is 0.0769. The van der Waals surface area contributed by atoms with E-state index in [9.17, 15) is 4.79 Å². The molecule has 1 aromatic heterocycles. The molecule has 0 aliphatic rings. The minimum absolute atomic E-state index is 0.00213. The first kappa shape index (κ1) is 10.5. The number of nitrogens with zero attached hydrogens (tertiary/aromatic N) is 1. The fourth-order valence-corrected chi connectivity index (χ4v) is 1.49. The predicted octanol–water partition coefficient (Wildman–Crippen LogP) is 1.77. The molecule has 0 fully saturated rings. The average molecular weight is 212 g/mol. The summed E-state index contributed by atoms with van der Waals surface area (Å²) in [5, 5.41) is 0. The number of aromatic nitrogens is 1. The second kappa shape index (κ2) is 4.68. The number of nitrogens with two attached hydrogens (primary N) is 1. The molecule has 2 N–H and O–H groups in total. The second-order valence-electron chi connectivity index (χ2n) is 3.44. The Morgan fingerprint density at radius 1 is 1.12 bits per heavy atom. The Morgan fingerprint density at radius 3 is 2.56 bits per heavy atom. The summed E-state index contributed by atoms with van der Waals surface area (Å²) in [5.41, 5.74) is 7.51. The standard InChI is InChI=1S/C13H12N2O/c14-9-12-8-11(6-7-15-12)13(16)10-4-2-1-3-5-10/h1-8H,9,14H2. The number of benzene rings is 1. The molecule has 16 heavy (non-hydrogen) atoms. The lowest BCUT2D eigenvalue weighted by Crippen LogP contribution is -2.05. The molecular formula is C13H12N2O. The Labute approximate surface area is 93.9 Å². The van der Waals surface area contributed by atoms with Crippen LogP contribution in [-0.2, 0) is 6.54 Å². The maximum absolute atomic E-state index is 12.0.